The van der Waals surface area contributed by atoms with Crippen molar-refractivity contribution in [3.63, 3.8) is 0 Å². The molecule has 0 radical (unpaired) electrons. The number of benzene rings is 1. The van der Waals surface area contributed by atoms with Crippen LogP contribution in [0.4, 0.5) is 0 Å². The predicted octanol–water partition coefficient (Wildman–Crippen LogP) is 2.57. The van der Waals surface area contributed by atoms with Crippen LogP contribution in [-0.2, 0) is 34.0 Å². The van der Waals surface area contributed by atoms with E-state index in [1.807, 2.05) is 13.8 Å². The summed E-state index contributed by atoms with van der Waals surface area (Å²) in [6, 6.07) is 0. The summed E-state index contributed by atoms with van der Waals surface area (Å²) in [6.07, 6.45) is 4.49. The van der Waals surface area contributed by atoms with Crippen LogP contribution >= 0.6 is 15.9 Å². The molecule has 21 heavy (non-hydrogen) atoms. The minimum Gasteiger partial charge on any atom is -0.211 e. The molecule has 0 aliphatic rings. The molecular weight excluding hydrogens is 338 g/mol. The van der Waals surface area contributed by atoms with Gasteiger partial charge in [-0.05, 0) is 41.7 Å². The Morgan fingerprint density at radius 1 is 0.762 bits per heavy atom. The van der Waals surface area contributed by atoms with E-state index in [-0.39, 0.29) is 19.6 Å². The molecule has 0 saturated heterocycles. The summed E-state index contributed by atoms with van der Waals surface area (Å²) >= 11 is 3.46. The van der Waals surface area contributed by atoms with Crippen molar-refractivity contribution in [1.82, 2.24) is 0 Å². The monoisotopic (exact) mass is 349 g/mol. The van der Waals surface area contributed by atoms with Crippen LogP contribution < -0.4 is 0 Å². The van der Waals surface area contributed by atoms with Gasteiger partial charge in [-0.1, -0.05) is 15.9 Å². The van der Waals surface area contributed by atoms with Gasteiger partial charge in [-0.3, -0.25) is 0 Å². The zero-order valence-electron chi connectivity index (χ0n) is 11.6. The quantitative estimate of drug-likeness (QED) is 0.583. The molecule has 0 bridgehead atoms. The Bertz CT molecular complexity index is 580. The lowest BCUT2D eigenvalue weighted by Gasteiger charge is -2.18. The largest absolute Gasteiger partial charge is 0.235 e. The number of hydrogen-bond acceptors (Lipinski definition) is 6. The first-order chi connectivity index (χ1) is 10.1. The van der Waals surface area contributed by atoms with Crippen LogP contribution in [0, 0.1) is 13.8 Å². The molecule has 0 N–H and O–H groups in total. The second kappa shape index (κ2) is 8.20. The topological polar surface area (TPSA) is 88.3 Å². The van der Waals surface area contributed by atoms with Crippen LogP contribution in [-0.4, -0.2) is 18.2 Å². The highest BCUT2D eigenvalue weighted by molar-refractivity contribution is 9.10. The highest BCUT2D eigenvalue weighted by Gasteiger charge is 2.17. The second-order valence-electron chi connectivity index (χ2n) is 4.22. The Balaban J connectivity index is 3.58. The van der Waals surface area contributed by atoms with Crippen molar-refractivity contribution >= 4 is 34.2 Å². The van der Waals surface area contributed by atoms with Gasteiger partial charge in [0.2, 0.25) is 18.2 Å². The summed E-state index contributed by atoms with van der Waals surface area (Å²) in [5.74, 6) is 0. The van der Waals surface area contributed by atoms with Gasteiger partial charge >= 0.3 is 0 Å². The summed E-state index contributed by atoms with van der Waals surface area (Å²) < 4.78 is 0.731. The average Bonchev–Trinajstić information content (AvgIpc) is 2.47. The Labute approximate surface area is 129 Å². The van der Waals surface area contributed by atoms with E-state index in [1.54, 1.807) is 0 Å². The van der Waals surface area contributed by atoms with E-state index in [0.717, 1.165) is 32.3 Å². The van der Waals surface area contributed by atoms with E-state index < -0.39 is 0 Å². The van der Waals surface area contributed by atoms with Crippen molar-refractivity contribution in [3.05, 3.63) is 32.3 Å². The second-order valence-corrected chi connectivity index (χ2v) is 5.02. The molecule has 6 nitrogen and oxygen atoms in total. The molecule has 0 aliphatic carbocycles. The molecule has 0 saturated carbocycles. The molecule has 0 unspecified atom stereocenters. The summed E-state index contributed by atoms with van der Waals surface area (Å²) in [6.45, 7) is 4.17. The fourth-order valence-electron chi connectivity index (χ4n) is 2.10. The number of rotatable bonds is 6. The van der Waals surface area contributed by atoms with E-state index >= 15 is 0 Å². The van der Waals surface area contributed by atoms with E-state index in [1.165, 1.54) is 18.2 Å². The number of aliphatic imine (C=N–C) groups is 3. The molecule has 0 spiro atoms. The maximum Gasteiger partial charge on any atom is 0.235 e. The predicted molar refractivity (Wildman–Crippen MR) is 79.1 cm³/mol. The molecule has 0 amide bonds. The smallest absolute Gasteiger partial charge is 0.211 e. The van der Waals surface area contributed by atoms with Gasteiger partial charge in [-0.15, -0.1) is 0 Å². The van der Waals surface area contributed by atoms with Crippen LogP contribution in [0.5, 0.6) is 0 Å². The zero-order chi connectivity index (χ0) is 15.8. The number of isocyanates is 3. The third-order valence-electron chi connectivity index (χ3n) is 3.25. The van der Waals surface area contributed by atoms with E-state index in [2.05, 4.69) is 30.9 Å². The molecule has 1 aromatic carbocycles. The SMILES string of the molecule is Cc1c(CN=C=O)c(C)c(CN=C=O)c(Br)c1CN=C=O. The van der Waals surface area contributed by atoms with Crippen LogP contribution in [0.2, 0.25) is 0 Å². The first-order valence-electron chi connectivity index (χ1n) is 5.98. The molecule has 0 fully saturated rings. The molecule has 0 heterocycles. The molecular formula is C14H12BrN3O3. The van der Waals surface area contributed by atoms with E-state index in [0.29, 0.717) is 0 Å². The van der Waals surface area contributed by atoms with Crippen molar-refractivity contribution < 1.29 is 14.4 Å². The third-order valence-corrected chi connectivity index (χ3v) is 4.20. The third kappa shape index (κ3) is 3.91. The number of halogens is 1. The average molecular weight is 350 g/mol. The van der Waals surface area contributed by atoms with Gasteiger partial charge in [0.05, 0.1) is 19.6 Å². The van der Waals surface area contributed by atoms with Crippen LogP contribution in [0.3, 0.4) is 0 Å². The normalized spacial score (nSPS) is 9.29. The van der Waals surface area contributed by atoms with Crippen molar-refractivity contribution in [2.75, 3.05) is 0 Å². The van der Waals surface area contributed by atoms with Gasteiger partial charge in [-0.25, -0.2) is 29.4 Å². The highest BCUT2D eigenvalue weighted by atomic mass is 79.9. The van der Waals surface area contributed by atoms with Gasteiger partial charge in [0, 0.05) is 4.47 Å². The molecule has 1 aromatic rings. The molecule has 0 aliphatic heterocycles. The summed E-state index contributed by atoms with van der Waals surface area (Å²) in [5.41, 5.74) is 4.12. The molecule has 0 aromatic heterocycles. The maximum atomic E-state index is 10.3. The lowest BCUT2D eigenvalue weighted by Crippen LogP contribution is -2.05. The minimum atomic E-state index is 0.145. The molecule has 1 rings (SSSR count). The molecule has 7 heteroatoms. The van der Waals surface area contributed by atoms with Crippen molar-refractivity contribution in [2.24, 2.45) is 15.0 Å². The lowest BCUT2D eigenvalue weighted by molar-refractivity contribution is 0.562. The summed E-state index contributed by atoms with van der Waals surface area (Å²) in [7, 11) is 0. The Hall–Kier alpha value is -2.16. The zero-order valence-corrected chi connectivity index (χ0v) is 13.2. The standard InChI is InChI=1S/C14H12BrN3O3/c1-9-11(3-16-6-19)10(2)13(5-18-8-21)14(15)12(9)4-17-7-20/h3-5H2,1-2H3. The van der Waals surface area contributed by atoms with Crippen LogP contribution in [0.25, 0.3) is 0 Å². The number of hydrogen-bond donors (Lipinski definition) is 0. The molecule has 108 valence electrons. The first-order valence-corrected chi connectivity index (χ1v) is 6.77. The first kappa shape index (κ1) is 16.9. The maximum absolute atomic E-state index is 10.3. The van der Waals surface area contributed by atoms with Gasteiger partial charge in [0.1, 0.15) is 0 Å². The van der Waals surface area contributed by atoms with E-state index in [4.69, 9.17) is 0 Å². The Morgan fingerprint density at radius 2 is 1.10 bits per heavy atom. The minimum absolute atomic E-state index is 0.145. The summed E-state index contributed by atoms with van der Waals surface area (Å²) in [4.78, 5) is 41.8. The summed E-state index contributed by atoms with van der Waals surface area (Å²) in [5, 5.41) is 0. The fourth-order valence-corrected chi connectivity index (χ4v) is 2.95. The molecule has 0 atom stereocenters. The van der Waals surface area contributed by atoms with Crippen molar-refractivity contribution in [1.29, 1.82) is 0 Å². The van der Waals surface area contributed by atoms with Crippen molar-refractivity contribution in [3.8, 4) is 0 Å². The van der Waals surface area contributed by atoms with Gasteiger partial charge in [0.25, 0.3) is 0 Å². The van der Waals surface area contributed by atoms with Gasteiger partial charge < -0.3 is 0 Å². The Morgan fingerprint density at radius 3 is 1.43 bits per heavy atom. The Kier molecular flexibility index (Phi) is 6.60. The van der Waals surface area contributed by atoms with E-state index in [9.17, 15) is 14.4 Å². The van der Waals surface area contributed by atoms with Crippen LogP contribution in [0.15, 0.2) is 19.4 Å². The highest BCUT2D eigenvalue weighted by Crippen LogP contribution is 2.33. The van der Waals surface area contributed by atoms with Gasteiger partial charge in [-0.2, -0.15) is 0 Å². The van der Waals surface area contributed by atoms with Gasteiger partial charge in [0.15, 0.2) is 0 Å². The van der Waals surface area contributed by atoms with Crippen LogP contribution in [0.1, 0.15) is 27.8 Å². The van der Waals surface area contributed by atoms with Crippen molar-refractivity contribution in [2.45, 2.75) is 33.5 Å². The number of carbonyl (C=O) groups excluding carboxylic acids is 3. The number of nitrogens with zero attached hydrogens (tertiary/aromatic N) is 3. The fraction of sp³-hybridized carbons (Fsp3) is 0.357. The lowest BCUT2D eigenvalue weighted by atomic mass is 9.92.